The first-order chi connectivity index (χ1) is 7.04. The summed E-state index contributed by atoms with van der Waals surface area (Å²) in [6.45, 7) is 7.30. The van der Waals surface area contributed by atoms with Crippen molar-refractivity contribution >= 4 is 0 Å². The molecule has 0 unspecified atom stereocenters. The molecule has 1 aliphatic rings. The highest BCUT2D eigenvalue weighted by molar-refractivity contribution is 5.45. The van der Waals surface area contributed by atoms with Crippen LogP contribution < -0.4 is 10.5 Å². The van der Waals surface area contributed by atoms with Crippen LogP contribution in [0.3, 0.4) is 0 Å². The molecule has 0 aromatic heterocycles. The van der Waals surface area contributed by atoms with Crippen molar-refractivity contribution in [3.8, 4) is 5.75 Å². The summed E-state index contributed by atoms with van der Waals surface area (Å²) < 4.78 is 5.64. The van der Waals surface area contributed by atoms with E-state index in [0.29, 0.717) is 0 Å². The van der Waals surface area contributed by atoms with Crippen LogP contribution in [0.2, 0.25) is 0 Å². The van der Waals surface area contributed by atoms with Gasteiger partial charge in [0.1, 0.15) is 5.75 Å². The Morgan fingerprint density at radius 2 is 2.20 bits per heavy atom. The molecule has 1 aromatic carbocycles. The van der Waals surface area contributed by atoms with Gasteiger partial charge in [-0.1, -0.05) is 26.8 Å². The highest BCUT2D eigenvalue weighted by Crippen LogP contribution is 2.39. The van der Waals surface area contributed by atoms with E-state index in [-0.39, 0.29) is 11.5 Å². The van der Waals surface area contributed by atoms with Crippen molar-refractivity contribution in [1.82, 2.24) is 0 Å². The van der Waals surface area contributed by atoms with Crippen LogP contribution in [0.25, 0.3) is 0 Å². The zero-order valence-electron chi connectivity index (χ0n) is 9.71. The van der Waals surface area contributed by atoms with E-state index in [9.17, 15) is 0 Å². The second-order valence-corrected chi connectivity index (χ2v) is 4.94. The van der Waals surface area contributed by atoms with Crippen LogP contribution in [-0.2, 0) is 5.41 Å². The lowest BCUT2D eigenvalue weighted by Gasteiger charge is -2.17. The predicted molar refractivity (Wildman–Crippen MR) is 62.2 cm³/mol. The topological polar surface area (TPSA) is 35.2 Å². The third kappa shape index (κ3) is 1.74. The number of benzene rings is 1. The van der Waals surface area contributed by atoms with Gasteiger partial charge in [-0.3, -0.25) is 0 Å². The molecule has 2 rings (SSSR count). The molecule has 2 N–H and O–H groups in total. The van der Waals surface area contributed by atoms with Gasteiger partial charge >= 0.3 is 0 Å². The van der Waals surface area contributed by atoms with Crippen LogP contribution in [-0.4, -0.2) is 6.61 Å². The Hall–Kier alpha value is -1.02. The molecule has 1 heterocycles. The fraction of sp³-hybridized carbons (Fsp3) is 0.538. The first-order valence-corrected chi connectivity index (χ1v) is 5.57. The molecule has 0 amide bonds. The first-order valence-electron chi connectivity index (χ1n) is 5.57. The maximum absolute atomic E-state index is 6.04. The van der Waals surface area contributed by atoms with E-state index in [1.54, 1.807) is 0 Å². The molecule has 2 heteroatoms. The van der Waals surface area contributed by atoms with Gasteiger partial charge in [-0.2, -0.15) is 0 Å². The van der Waals surface area contributed by atoms with Crippen LogP contribution in [0.5, 0.6) is 5.75 Å². The van der Waals surface area contributed by atoms with Gasteiger partial charge in [0.25, 0.3) is 0 Å². The summed E-state index contributed by atoms with van der Waals surface area (Å²) in [5.41, 5.74) is 8.67. The van der Waals surface area contributed by atoms with Crippen LogP contribution in [0.15, 0.2) is 18.2 Å². The van der Waals surface area contributed by atoms with E-state index >= 15 is 0 Å². The second-order valence-electron chi connectivity index (χ2n) is 4.94. The molecular weight excluding hydrogens is 186 g/mol. The number of fused-ring (bicyclic) bond motifs is 1. The molecule has 0 aliphatic carbocycles. The monoisotopic (exact) mass is 205 g/mol. The van der Waals surface area contributed by atoms with Crippen molar-refractivity contribution in [1.29, 1.82) is 0 Å². The molecule has 0 saturated heterocycles. The average Bonchev–Trinajstić information content (AvgIpc) is 2.53. The van der Waals surface area contributed by atoms with Gasteiger partial charge in [-0.25, -0.2) is 0 Å². The lowest BCUT2D eigenvalue weighted by molar-refractivity contribution is 0.291. The summed E-state index contributed by atoms with van der Waals surface area (Å²) in [5, 5.41) is 0. The van der Waals surface area contributed by atoms with Crippen molar-refractivity contribution < 1.29 is 4.74 Å². The maximum Gasteiger partial charge on any atom is 0.123 e. The maximum atomic E-state index is 6.04. The lowest BCUT2D eigenvalue weighted by Crippen LogP contribution is -2.19. The van der Waals surface area contributed by atoms with E-state index < -0.39 is 0 Å². The van der Waals surface area contributed by atoms with Crippen molar-refractivity contribution in [2.75, 3.05) is 6.61 Å². The summed E-state index contributed by atoms with van der Waals surface area (Å²) in [6.07, 6.45) is 0.972. The van der Waals surface area contributed by atoms with Crippen LogP contribution in [0.4, 0.5) is 0 Å². The number of hydrogen-bond donors (Lipinski definition) is 1. The van der Waals surface area contributed by atoms with Gasteiger partial charge in [0.05, 0.1) is 6.61 Å². The standard InChI is InChI=1S/C13H19NO/c1-4-11(14)9-5-6-12-10(7-9)13(2,3)8-15-12/h5-7,11H,4,8,14H2,1-3H3/t11-/m1/s1. The van der Waals surface area contributed by atoms with Crippen molar-refractivity contribution in [2.45, 2.75) is 38.6 Å². The molecule has 0 spiro atoms. The fourth-order valence-corrected chi connectivity index (χ4v) is 2.00. The molecule has 0 fully saturated rings. The Balaban J connectivity index is 2.41. The molecule has 0 bridgehead atoms. The van der Waals surface area contributed by atoms with Gasteiger partial charge < -0.3 is 10.5 Å². The number of rotatable bonds is 2. The summed E-state index contributed by atoms with van der Waals surface area (Å²) in [6, 6.07) is 6.48. The highest BCUT2D eigenvalue weighted by atomic mass is 16.5. The molecule has 2 nitrogen and oxygen atoms in total. The van der Waals surface area contributed by atoms with E-state index in [0.717, 1.165) is 18.8 Å². The minimum Gasteiger partial charge on any atom is -0.492 e. The largest absolute Gasteiger partial charge is 0.492 e. The molecule has 1 aliphatic heterocycles. The van der Waals surface area contributed by atoms with Gasteiger partial charge in [-0.05, 0) is 24.1 Å². The predicted octanol–water partition coefficient (Wildman–Crippen LogP) is 2.77. The number of ether oxygens (including phenoxy) is 1. The Labute approximate surface area is 91.4 Å². The number of nitrogens with two attached hydrogens (primary N) is 1. The Morgan fingerprint density at radius 1 is 1.47 bits per heavy atom. The molecule has 1 aromatic rings. The third-order valence-corrected chi connectivity index (χ3v) is 3.19. The van der Waals surface area contributed by atoms with Gasteiger partial charge in [0.15, 0.2) is 0 Å². The average molecular weight is 205 g/mol. The Bertz CT molecular complexity index is 371. The quantitative estimate of drug-likeness (QED) is 0.805. The first kappa shape index (κ1) is 10.5. The van der Waals surface area contributed by atoms with Gasteiger partial charge in [0.2, 0.25) is 0 Å². The van der Waals surface area contributed by atoms with Crippen molar-refractivity contribution in [2.24, 2.45) is 5.73 Å². The summed E-state index contributed by atoms with van der Waals surface area (Å²) >= 11 is 0. The molecular formula is C13H19NO. The Morgan fingerprint density at radius 3 is 2.87 bits per heavy atom. The van der Waals surface area contributed by atoms with E-state index in [1.165, 1.54) is 11.1 Å². The summed E-state index contributed by atoms with van der Waals surface area (Å²) in [5.74, 6) is 1.02. The normalized spacial score (nSPS) is 19.5. The zero-order chi connectivity index (χ0) is 11.1. The van der Waals surface area contributed by atoms with E-state index in [2.05, 4.69) is 39.0 Å². The third-order valence-electron chi connectivity index (χ3n) is 3.19. The molecule has 1 atom stereocenters. The van der Waals surface area contributed by atoms with E-state index in [1.807, 2.05) is 0 Å². The van der Waals surface area contributed by atoms with Gasteiger partial charge in [-0.15, -0.1) is 0 Å². The minimum absolute atomic E-state index is 0.124. The minimum atomic E-state index is 0.124. The van der Waals surface area contributed by atoms with Crippen LogP contribution in [0, 0.1) is 0 Å². The molecule has 0 saturated carbocycles. The van der Waals surface area contributed by atoms with Crippen LogP contribution in [0.1, 0.15) is 44.4 Å². The smallest absolute Gasteiger partial charge is 0.123 e. The van der Waals surface area contributed by atoms with E-state index in [4.69, 9.17) is 10.5 Å². The summed E-state index contributed by atoms with van der Waals surface area (Å²) in [7, 11) is 0. The molecule has 0 radical (unpaired) electrons. The summed E-state index contributed by atoms with van der Waals surface area (Å²) in [4.78, 5) is 0. The van der Waals surface area contributed by atoms with Crippen molar-refractivity contribution in [3.63, 3.8) is 0 Å². The number of hydrogen-bond acceptors (Lipinski definition) is 2. The zero-order valence-corrected chi connectivity index (χ0v) is 9.71. The van der Waals surface area contributed by atoms with Crippen molar-refractivity contribution in [3.05, 3.63) is 29.3 Å². The SMILES string of the molecule is CC[C@@H](N)c1ccc2c(c1)C(C)(C)CO2. The second kappa shape index (κ2) is 3.53. The highest BCUT2D eigenvalue weighted by Gasteiger charge is 2.31. The fourth-order valence-electron chi connectivity index (χ4n) is 2.00. The Kier molecular flexibility index (Phi) is 2.47. The molecule has 15 heavy (non-hydrogen) atoms. The van der Waals surface area contributed by atoms with Gasteiger partial charge in [0, 0.05) is 17.0 Å². The lowest BCUT2D eigenvalue weighted by atomic mass is 9.85. The van der Waals surface area contributed by atoms with Crippen LogP contribution >= 0.6 is 0 Å². The molecule has 82 valence electrons.